The van der Waals surface area contributed by atoms with Gasteiger partial charge in [-0.15, -0.1) is 11.3 Å². The van der Waals surface area contributed by atoms with Crippen LogP contribution >= 0.6 is 11.3 Å². The molecule has 2 aromatic carbocycles. The highest BCUT2D eigenvalue weighted by atomic mass is 32.1. The van der Waals surface area contributed by atoms with E-state index >= 15 is 0 Å². The first-order chi connectivity index (χ1) is 16.8. The minimum Gasteiger partial charge on any atom is -0.335 e. The van der Waals surface area contributed by atoms with Crippen molar-refractivity contribution in [3.63, 3.8) is 0 Å². The van der Waals surface area contributed by atoms with Crippen molar-refractivity contribution >= 4 is 23.2 Å². The highest BCUT2D eigenvalue weighted by Gasteiger charge is 2.37. The summed E-state index contributed by atoms with van der Waals surface area (Å²) in [6.07, 6.45) is -2.85. The molecular weight excluding hydrogens is 477 g/mol. The van der Waals surface area contributed by atoms with Gasteiger partial charge < -0.3 is 9.80 Å². The molecule has 6 nitrogen and oxygen atoms in total. The van der Waals surface area contributed by atoms with Gasteiger partial charge in [0.15, 0.2) is 5.01 Å². The number of aromatic nitrogens is 1. The fourth-order valence-corrected chi connectivity index (χ4v) is 5.19. The second-order valence-corrected chi connectivity index (χ2v) is 9.55. The van der Waals surface area contributed by atoms with Gasteiger partial charge in [-0.05, 0) is 29.3 Å². The lowest BCUT2D eigenvalue weighted by Gasteiger charge is -2.48. The molecule has 10 heteroatoms. The maximum Gasteiger partial charge on any atom is 0.417 e. The van der Waals surface area contributed by atoms with Gasteiger partial charge in [0.2, 0.25) is 0 Å². The third-order valence-electron chi connectivity index (χ3n) is 6.54. The Morgan fingerprint density at radius 2 is 1.66 bits per heavy atom. The Hall–Kier alpha value is -3.24. The number of nitrogens with zero attached hydrogens (tertiary/aromatic N) is 4. The molecule has 5 rings (SSSR count). The molecule has 3 aromatic rings. The van der Waals surface area contributed by atoms with Crippen molar-refractivity contribution in [2.24, 2.45) is 0 Å². The largest absolute Gasteiger partial charge is 0.417 e. The molecule has 182 valence electrons. The fraction of sp³-hybridized carbons (Fsp3) is 0.320. The van der Waals surface area contributed by atoms with E-state index in [4.69, 9.17) is 0 Å². The van der Waals surface area contributed by atoms with Crippen LogP contribution in [0.1, 0.15) is 25.7 Å². The number of benzene rings is 2. The van der Waals surface area contributed by atoms with Gasteiger partial charge in [-0.3, -0.25) is 14.5 Å². The minimum absolute atomic E-state index is 0.0444. The van der Waals surface area contributed by atoms with Crippen molar-refractivity contribution in [2.45, 2.75) is 12.2 Å². The van der Waals surface area contributed by atoms with Gasteiger partial charge in [0.05, 0.1) is 5.56 Å². The third kappa shape index (κ3) is 4.81. The number of hydrogen-bond donors (Lipinski definition) is 0. The van der Waals surface area contributed by atoms with Crippen molar-refractivity contribution in [3.05, 3.63) is 76.2 Å². The summed E-state index contributed by atoms with van der Waals surface area (Å²) in [5, 5.41) is 2.28. The van der Waals surface area contributed by atoms with Crippen LogP contribution in [-0.2, 0) is 6.18 Å². The molecule has 0 N–H and O–H groups in total. The smallest absolute Gasteiger partial charge is 0.335 e. The van der Waals surface area contributed by atoms with E-state index < -0.39 is 11.7 Å². The molecular formula is C25H23F3N4O2S. The molecule has 1 aromatic heterocycles. The van der Waals surface area contributed by atoms with Crippen LogP contribution in [0.5, 0.6) is 0 Å². The maximum atomic E-state index is 13.4. The zero-order valence-electron chi connectivity index (χ0n) is 18.7. The van der Waals surface area contributed by atoms with Gasteiger partial charge in [0, 0.05) is 62.5 Å². The van der Waals surface area contributed by atoms with Crippen LogP contribution in [-0.4, -0.2) is 76.8 Å². The summed E-state index contributed by atoms with van der Waals surface area (Å²) in [6, 6.07) is 12.0. The number of alkyl halides is 3. The zero-order valence-corrected chi connectivity index (χ0v) is 19.6. The van der Waals surface area contributed by atoms with Gasteiger partial charge in [0.25, 0.3) is 11.8 Å². The van der Waals surface area contributed by atoms with E-state index in [1.54, 1.807) is 45.6 Å². The molecule has 2 aliphatic rings. The van der Waals surface area contributed by atoms with E-state index in [2.05, 4.69) is 9.88 Å². The molecule has 0 atom stereocenters. The molecule has 0 spiro atoms. The summed E-state index contributed by atoms with van der Waals surface area (Å²) >= 11 is 1.33. The number of rotatable bonds is 4. The topological polar surface area (TPSA) is 56.8 Å². The number of amides is 2. The molecule has 35 heavy (non-hydrogen) atoms. The van der Waals surface area contributed by atoms with Crippen molar-refractivity contribution in [1.82, 2.24) is 19.7 Å². The second kappa shape index (κ2) is 9.43. The number of hydrogen-bond acceptors (Lipinski definition) is 5. The van der Waals surface area contributed by atoms with Gasteiger partial charge in [-0.2, -0.15) is 13.2 Å². The van der Waals surface area contributed by atoms with Gasteiger partial charge in [-0.1, -0.05) is 30.3 Å². The number of piperazine rings is 1. The summed E-state index contributed by atoms with van der Waals surface area (Å²) in [7, 11) is 0. The van der Waals surface area contributed by atoms with Crippen LogP contribution in [0.2, 0.25) is 0 Å². The minimum atomic E-state index is -4.48. The summed E-state index contributed by atoms with van der Waals surface area (Å²) in [5.74, 6) is -0.234. The molecule has 3 heterocycles. The Morgan fingerprint density at radius 3 is 2.34 bits per heavy atom. The molecule has 2 saturated heterocycles. The van der Waals surface area contributed by atoms with E-state index in [9.17, 15) is 22.8 Å². The van der Waals surface area contributed by atoms with E-state index in [1.165, 1.54) is 29.5 Å². The standard InChI is InChI=1S/C25H23F3N4O2S/c26-25(27,28)21-7-2-1-6-20(21)17-4-3-5-18(14-17)23(33)32-15-19(16-32)30-9-11-31(12-10-30)24(34)22-29-8-13-35-22/h1-8,13-14,19H,9-12,15-16H2. The zero-order chi connectivity index (χ0) is 24.6. The predicted molar refractivity (Wildman–Crippen MR) is 126 cm³/mol. The molecule has 0 aliphatic carbocycles. The first-order valence-electron chi connectivity index (χ1n) is 11.3. The lowest BCUT2D eigenvalue weighted by atomic mass is 9.96. The van der Waals surface area contributed by atoms with Gasteiger partial charge in [0.1, 0.15) is 0 Å². The van der Waals surface area contributed by atoms with Crippen molar-refractivity contribution in [3.8, 4) is 11.1 Å². The monoisotopic (exact) mass is 500 g/mol. The van der Waals surface area contributed by atoms with Crippen LogP contribution in [0.3, 0.4) is 0 Å². The Morgan fingerprint density at radius 1 is 0.914 bits per heavy atom. The first kappa shape index (κ1) is 23.5. The summed E-state index contributed by atoms with van der Waals surface area (Å²) in [6.45, 7) is 3.80. The normalized spacial score (nSPS) is 17.3. The predicted octanol–water partition coefficient (Wildman–Crippen LogP) is 4.11. The molecule has 2 amide bonds. The van der Waals surface area contributed by atoms with Gasteiger partial charge in [-0.25, -0.2) is 4.98 Å². The van der Waals surface area contributed by atoms with Crippen LogP contribution in [0.25, 0.3) is 11.1 Å². The number of carbonyl (C=O) groups excluding carboxylic acids is 2. The summed E-state index contributed by atoms with van der Waals surface area (Å²) in [4.78, 5) is 35.4. The Kier molecular flexibility index (Phi) is 6.33. The highest BCUT2D eigenvalue weighted by molar-refractivity contribution is 7.11. The molecule has 0 saturated carbocycles. The molecule has 0 unspecified atom stereocenters. The molecule has 2 aliphatic heterocycles. The van der Waals surface area contributed by atoms with Crippen molar-refractivity contribution in [1.29, 1.82) is 0 Å². The van der Waals surface area contributed by atoms with E-state index in [-0.39, 0.29) is 23.4 Å². The van der Waals surface area contributed by atoms with Crippen molar-refractivity contribution in [2.75, 3.05) is 39.3 Å². The Bertz CT molecular complexity index is 1220. The number of carbonyl (C=O) groups is 2. The Balaban J connectivity index is 1.19. The SMILES string of the molecule is O=C(c1cccc(-c2ccccc2C(F)(F)F)c1)N1CC(N2CCN(C(=O)c3nccs3)CC2)C1. The quantitative estimate of drug-likeness (QED) is 0.541. The van der Waals surface area contributed by atoms with Crippen LogP contribution in [0.15, 0.2) is 60.1 Å². The average Bonchev–Trinajstić information content (AvgIpc) is 3.38. The number of thiazole rings is 1. The molecule has 0 radical (unpaired) electrons. The molecule has 2 fully saturated rings. The third-order valence-corrected chi connectivity index (χ3v) is 7.30. The second-order valence-electron chi connectivity index (χ2n) is 8.65. The lowest BCUT2D eigenvalue weighted by molar-refractivity contribution is -0.137. The summed E-state index contributed by atoms with van der Waals surface area (Å²) < 4.78 is 40.3. The Labute approximate surface area is 204 Å². The maximum absolute atomic E-state index is 13.4. The lowest BCUT2D eigenvalue weighted by Crippen LogP contribution is -2.64. The number of likely N-dealkylation sites (tertiary alicyclic amines) is 1. The van der Waals surface area contributed by atoms with Crippen LogP contribution in [0, 0.1) is 0 Å². The first-order valence-corrected chi connectivity index (χ1v) is 12.2. The highest BCUT2D eigenvalue weighted by Crippen LogP contribution is 2.37. The average molecular weight is 501 g/mol. The van der Waals surface area contributed by atoms with E-state index in [1.807, 2.05) is 0 Å². The van der Waals surface area contributed by atoms with E-state index in [0.717, 1.165) is 19.2 Å². The van der Waals surface area contributed by atoms with Crippen molar-refractivity contribution < 1.29 is 22.8 Å². The fourth-order valence-electron chi connectivity index (χ4n) is 4.59. The molecule has 0 bridgehead atoms. The summed E-state index contributed by atoms with van der Waals surface area (Å²) in [5.41, 5.74) is 0.0704. The van der Waals surface area contributed by atoms with E-state index in [0.29, 0.717) is 42.3 Å². The van der Waals surface area contributed by atoms with Crippen LogP contribution in [0.4, 0.5) is 13.2 Å². The van der Waals surface area contributed by atoms with Crippen LogP contribution < -0.4 is 0 Å². The number of halogens is 3. The van der Waals surface area contributed by atoms with Gasteiger partial charge >= 0.3 is 6.18 Å².